The summed E-state index contributed by atoms with van der Waals surface area (Å²) in [7, 11) is 0. The molecular formula is C14H11Br2NO. The second kappa shape index (κ2) is 4.67. The van der Waals surface area contributed by atoms with E-state index in [0.29, 0.717) is 6.42 Å². The van der Waals surface area contributed by atoms with Gasteiger partial charge in [0, 0.05) is 32.8 Å². The quantitative estimate of drug-likeness (QED) is 0.725. The Balaban J connectivity index is 2.18. The minimum absolute atomic E-state index is 0.265. The number of carbonyl (C=O) groups excluding carboxylic acids is 1. The summed E-state index contributed by atoms with van der Waals surface area (Å²) in [5, 5.41) is 0. The van der Waals surface area contributed by atoms with E-state index < -0.39 is 0 Å². The van der Waals surface area contributed by atoms with Crippen molar-refractivity contribution in [2.24, 2.45) is 0 Å². The Hall–Kier alpha value is -0.870. The molecule has 0 bridgehead atoms. The molecule has 18 heavy (non-hydrogen) atoms. The topological polar surface area (TPSA) is 22.0 Å². The van der Waals surface area contributed by atoms with Crippen LogP contribution in [0.25, 0.3) is 5.69 Å². The van der Waals surface area contributed by atoms with Gasteiger partial charge in [-0.2, -0.15) is 0 Å². The largest absolute Gasteiger partial charge is 0.319 e. The fraction of sp³-hybridized carbons (Fsp3) is 0.214. The SMILES string of the molecule is O=C1CCCc2c1ccn2-c1cc(Br)ccc1Br. The lowest BCUT2D eigenvalue weighted by molar-refractivity contribution is 0.0972. The molecule has 4 heteroatoms. The molecule has 1 aliphatic rings. The minimum Gasteiger partial charge on any atom is -0.319 e. The van der Waals surface area contributed by atoms with Crippen LogP contribution in [-0.4, -0.2) is 10.4 Å². The van der Waals surface area contributed by atoms with Gasteiger partial charge in [0.2, 0.25) is 0 Å². The molecule has 0 aliphatic heterocycles. The van der Waals surface area contributed by atoms with Gasteiger partial charge in [-0.1, -0.05) is 15.9 Å². The standard InChI is InChI=1S/C14H11Br2NO/c15-9-4-5-11(16)13(8-9)17-7-6-10-12(17)2-1-3-14(10)18/h4-8H,1-3H2. The zero-order valence-electron chi connectivity index (χ0n) is 9.62. The molecule has 0 radical (unpaired) electrons. The highest BCUT2D eigenvalue weighted by Gasteiger charge is 2.21. The van der Waals surface area contributed by atoms with E-state index in [1.54, 1.807) is 0 Å². The van der Waals surface area contributed by atoms with E-state index in [2.05, 4.69) is 42.5 Å². The van der Waals surface area contributed by atoms with E-state index >= 15 is 0 Å². The Bertz CT molecular complexity index is 631. The molecule has 1 aromatic heterocycles. The van der Waals surface area contributed by atoms with Gasteiger partial charge in [-0.05, 0) is 53.0 Å². The second-order valence-corrected chi connectivity index (χ2v) is 6.19. The lowest BCUT2D eigenvalue weighted by Crippen LogP contribution is -2.12. The number of hydrogen-bond acceptors (Lipinski definition) is 1. The first kappa shape index (κ1) is 12.2. The molecule has 0 saturated heterocycles. The van der Waals surface area contributed by atoms with Gasteiger partial charge in [-0.25, -0.2) is 0 Å². The van der Waals surface area contributed by atoms with Gasteiger partial charge in [0.05, 0.1) is 5.69 Å². The van der Waals surface area contributed by atoms with E-state index in [9.17, 15) is 4.79 Å². The van der Waals surface area contributed by atoms with Crippen LogP contribution in [0.1, 0.15) is 28.9 Å². The molecule has 3 rings (SSSR count). The summed E-state index contributed by atoms with van der Waals surface area (Å²) in [6.07, 6.45) is 4.57. The minimum atomic E-state index is 0.265. The third-order valence-corrected chi connectivity index (χ3v) is 4.44. The van der Waals surface area contributed by atoms with Gasteiger partial charge in [-0.3, -0.25) is 4.79 Å². The van der Waals surface area contributed by atoms with Gasteiger partial charge in [0.1, 0.15) is 0 Å². The molecule has 0 spiro atoms. The average Bonchev–Trinajstić information content (AvgIpc) is 2.77. The maximum absolute atomic E-state index is 11.8. The van der Waals surface area contributed by atoms with Crippen molar-refractivity contribution in [2.75, 3.05) is 0 Å². The van der Waals surface area contributed by atoms with Gasteiger partial charge >= 0.3 is 0 Å². The number of nitrogens with zero attached hydrogens (tertiary/aromatic N) is 1. The van der Waals surface area contributed by atoms with Crippen molar-refractivity contribution < 1.29 is 4.79 Å². The predicted octanol–water partition coefficient (Wildman–Crippen LogP) is 4.52. The maximum atomic E-state index is 11.8. The van der Waals surface area contributed by atoms with Crippen LogP contribution in [0, 0.1) is 0 Å². The number of halogens is 2. The fourth-order valence-corrected chi connectivity index (χ4v) is 3.21. The van der Waals surface area contributed by atoms with Crippen LogP contribution in [0.2, 0.25) is 0 Å². The smallest absolute Gasteiger partial charge is 0.164 e. The Morgan fingerprint density at radius 2 is 1.94 bits per heavy atom. The number of aromatic nitrogens is 1. The third-order valence-electron chi connectivity index (χ3n) is 3.28. The summed E-state index contributed by atoms with van der Waals surface area (Å²) >= 11 is 7.06. The van der Waals surface area contributed by atoms with Gasteiger partial charge in [0.25, 0.3) is 0 Å². The molecule has 1 heterocycles. The highest BCUT2D eigenvalue weighted by Crippen LogP contribution is 2.30. The molecule has 92 valence electrons. The van der Waals surface area contributed by atoms with E-state index in [1.807, 2.05) is 24.4 Å². The summed E-state index contributed by atoms with van der Waals surface area (Å²) in [6.45, 7) is 0. The monoisotopic (exact) mass is 367 g/mol. The van der Waals surface area contributed by atoms with Crippen LogP contribution in [0.15, 0.2) is 39.4 Å². The molecule has 0 unspecified atom stereocenters. The normalized spacial score (nSPS) is 14.7. The first-order valence-corrected chi connectivity index (χ1v) is 7.44. The summed E-state index contributed by atoms with van der Waals surface area (Å²) in [5.41, 5.74) is 3.08. The predicted molar refractivity (Wildman–Crippen MR) is 78.4 cm³/mol. The van der Waals surface area contributed by atoms with Crippen LogP contribution in [-0.2, 0) is 6.42 Å². The Kier molecular flexibility index (Phi) is 3.16. The van der Waals surface area contributed by atoms with Gasteiger partial charge < -0.3 is 4.57 Å². The van der Waals surface area contributed by atoms with E-state index in [0.717, 1.165) is 38.7 Å². The van der Waals surface area contributed by atoms with E-state index in [4.69, 9.17) is 0 Å². The molecule has 1 aliphatic carbocycles. The third kappa shape index (κ3) is 1.97. The van der Waals surface area contributed by atoms with Crippen LogP contribution >= 0.6 is 31.9 Å². The van der Waals surface area contributed by atoms with Crippen molar-refractivity contribution in [3.8, 4) is 5.69 Å². The summed E-state index contributed by atoms with van der Waals surface area (Å²) < 4.78 is 4.17. The zero-order valence-corrected chi connectivity index (χ0v) is 12.8. The van der Waals surface area contributed by atoms with Crippen molar-refractivity contribution >= 4 is 37.6 Å². The first-order valence-electron chi connectivity index (χ1n) is 5.85. The molecule has 0 atom stereocenters. The Labute approximate surface area is 122 Å². The first-order chi connectivity index (χ1) is 8.66. The highest BCUT2D eigenvalue weighted by atomic mass is 79.9. The van der Waals surface area contributed by atoms with Crippen LogP contribution < -0.4 is 0 Å². The Morgan fingerprint density at radius 3 is 2.78 bits per heavy atom. The molecule has 0 saturated carbocycles. The number of ketones is 1. The molecule has 0 amide bonds. The van der Waals surface area contributed by atoms with Crippen molar-refractivity contribution in [2.45, 2.75) is 19.3 Å². The molecule has 2 aromatic rings. The molecule has 0 fully saturated rings. The molecule has 2 nitrogen and oxygen atoms in total. The number of carbonyl (C=O) groups is 1. The van der Waals surface area contributed by atoms with Crippen LogP contribution in [0.5, 0.6) is 0 Å². The Morgan fingerprint density at radius 1 is 1.11 bits per heavy atom. The number of hydrogen-bond donors (Lipinski definition) is 0. The fourth-order valence-electron chi connectivity index (χ4n) is 2.42. The second-order valence-electron chi connectivity index (χ2n) is 4.42. The summed E-state index contributed by atoms with van der Waals surface area (Å²) in [4.78, 5) is 11.8. The number of rotatable bonds is 1. The number of fused-ring (bicyclic) bond motifs is 1. The van der Waals surface area contributed by atoms with Gasteiger partial charge in [-0.15, -0.1) is 0 Å². The number of Topliss-reactive ketones (excluding diaryl/α,β-unsaturated/α-hetero) is 1. The average molecular weight is 369 g/mol. The molecule has 1 aromatic carbocycles. The summed E-state index contributed by atoms with van der Waals surface area (Å²) in [6, 6.07) is 8.00. The van der Waals surface area contributed by atoms with Crippen molar-refractivity contribution in [3.05, 3.63) is 50.7 Å². The van der Waals surface area contributed by atoms with E-state index in [1.165, 1.54) is 0 Å². The van der Waals surface area contributed by atoms with Crippen LogP contribution in [0.3, 0.4) is 0 Å². The summed E-state index contributed by atoms with van der Waals surface area (Å²) in [5.74, 6) is 0.265. The van der Waals surface area contributed by atoms with Crippen molar-refractivity contribution in [3.63, 3.8) is 0 Å². The highest BCUT2D eigenvalue weighted by molar-refractivity contribution is 9.11. The van der Waals surface area contributed by atoms with E-state index in [-0.39, 0.29) is 5.78 Å². The van der Waals surface area contributed by atoms with Crippen molar-refractivity contribution in [1.29, 1.82) is 0 Å². The zero-order chi connectivity index (χ0) is 12.7. The maximum Gasteiger partial charge on any atom is 0.164 e. The van der Waals surface area contributed by atoms with Crippen molar-refractivity contribution in [1.82, 2.24) is 4.57 Å². The lowest BCUT2D eigenvalue weighted by atomic mass is 9.97. The molecular weight excluding hydrogens is 358 g/mol. The molecule has 0 N–H and O–H groups in total. The van der Waals surface area contributed by atoms with Crippen LogP contribution in [0.4, 0.5) is 0 Å². The lowest BCUT2D eigenvalue weighted by Gasteiger charge is -2.16. The number of benzene rings is 1. The van der Waals surface area contributed by atoms with Gasteiger partial charge in [0.15, 0.2) is 5.78 Å².